The van der Waals surface area contributed by atoms with Gasteiger partial charge in [-0.1, -0.05) is 11.6 Å². The molecule has 4 heteroatoms. The van der Waals surface area contributed by atoms with Crippen molar-refractivity contribution in [2.45, 2.75) is 6.23 Å². The summed E-state index contributed by atoms with van der Waals surface area (Å²) in [6.07, 6.45) is -0.710. The van der Waals surface area contributed by atoms with E-state index in [0.29, 0.717) is 16.3 Å². The van der Waals surface area contributed by atoms with Gasteiger partial charge in [-0.15, -0.1) is 0 Å². The second kappa shape index (κ2) is 3.96. The van der Waals surface area contributed by atoms with Crippen molar-refractivity contribution in [3.63, 3.8) is 0 Å². The van der Waals surface area contributed by atoms with Crippen molar-refractivity contribution >= 4 is 17.3 Å². The van der Waals surface area contributed by atoms with Crippen molar-refractivity contribution < 1.29 is 5.11 Å². The van der Waals surface area contributed by atoms with Crippen molar-refractivity contribution in [2.75, 3.05) is 19.8 Å². The second-order valence-electron chi connectivity index (χ2n) is 3.11. The van der Waals surface area contributed by atoms with E-state index in [2.05, 4.69) is 0 Å². The van der Waals surface area contributed by atoms with E-state index in [-0.39, 0.29) is 0 Å². The first-order valence-corrected chi connectivity index (χ1v) is 4.29. The lowest BCUT2D eigenvalue weighted by molar-refractivity contribution is 0.0402. The maximum absolute atomic E-state index is 9.69. The Kier molecular flexibility index (Phi) is 3.14. The number of rotatable bonds is 2. The summed E-state index contributed by atoms with van der Waals surface area (Å²) in [5.74, 6) is 0. The molecule has 13 heavy (non-hydrogen) atoms. The lowest BCUT2D eigenvalue weighted by Crippen LogP contribution is -2.20. The largest absolute Gasteiger partial charge is 0.398 e. The molecule has 0 aliphatic heterocycles. The molecule has 0 spiro atoms. The maximum atomic E-state index is 9.69. The summed E-state index contributed by atoms with van der Waals surface area (Å²) in [7, 11) is 3.54. The highest BCUT2D eigenvalue weighted by molar-refractivity contribution is 6.30. The third-order valence-corrected chi connectivity index (χ3v) is 2.05. The molecule has 1 rings (SSSR count). The number of anilines is 1. The van der Waals surface area contributed by atoms with E-state index in [0.717, 1.165) is 0 Å². The van der Waals surface area contributed by atoms with Crippen molar-refractivity contribution in [1.82, 2.24) is 4.90 Å². The lowest BCUT2D eigenvalue weighted by atomic mass is 10.1. The SMILES string of the molecule is CN(C)C(O)c1cc(Cl)ccc1N. The monoisotopic (exact) mass is 200 g/mol. The minimum absolute atomic E-state index is 0.547. The molecular weight excluding hydrogens is 188 g/mol. The van der Waals surface area contributed by atoms with Gasteiger partial charge in [-0.3, -0.25) is 4.90 Å². The van der Waals surface area contributed by atoms with Gasteiger partial charge in [-0.05, 0) is 32.3 Å². The summed E-state index contributed by atoms with van der Waals surface area (Å²) in [6, 6.07) is 5.05. The van der Waals surface area contributed by atoms with Crippen molar-refractivity contribution in [3.05, 3.63) is 28.8 Å². The Balaban J connectivity index is 3.05. The van der Waals surface area contributed by atoms with E-state index >= 15 is 0 Å². The fraction of sp³-hybridized carbons (Fsp3) is 0.333. The quantitative estimate of drug-likeness (QED) is 0.562. The number of halogens is 1. The van der Waals surface area contributed by atoms with Crippen LogP contribution in [0.1, 0.15) is 11.8 Å². The molecule has 3 nitrogen and oxygen atoms in total. The first-order valence-electron chi connectivity index (χ1n) is 3.92. The number of aliphatic hydroxyl groups excluding tert-OH is 1. The minimum atomic E-state index is -0.710. The Hall–Kier alpha value is -0.770. The molecule has 0 fully saturated rings. The van der Waals surface area contributed by atoms with Crippen LogP contribution in [0.25, 0.3) is 0 Å². The summed E-state index contributed by atoms with van der Waals surface area (Å²) in [6.45, 7) is 0. The molecule has 0 saturated carbocycles. The molecular formula is C9H13ClN2O. The van der Waals surface area contributed by atoms with Gasteiger partial charge < -0.3 is 10.8 Å². The second-order valence-corrected chi connectivity index (χ2v) is 3.55. The number of nitrogens with zero attached hydrogens (tertiary/aromatic N) is 1. The molecule has 0 aliphatic rings. The topological polar surface area (TPSA) is 49.5 Å². The van der Waals surface area contributed by atoms with Crippen LogP contribution in [0.15, 0.2) is 18.2 Å². The third-order valence-electron chi connectivity index (χ3n) is 1.82. The summed E-state index contributed by atoms with van der Waals surface area (Å²) in [5, 5.41) is 10.3. The Bertz CT molecular complexity index is 302. The summed E-state index contributed by atoms with van der Waals surface area (Å²) < 4.78 is 0. The van der Waals surface area contributed by atoms with E-state index in [1.165, 1.54) is 0 Å². The zero-order valence-electron chi connectivity index (χ0n) is 7.66. The van der Waals surface area contributed by atoms with Crippen LogP contribution in [0.3, 0.4) is 0 Å². The normalized spacial score (nSPS) is 13.3. The highest BCUT2D eigenvalue weighted by atomic mass is 35.5. The summed E-state index contributed by atoms with van der Waals surface area (Å²) in [5.41, 5.74) is 6.87. The van der Waals surface area contributed by atoms with Gasteiger partial charge in [-0.2, -0.15) is 0 Å². The third kappa shape index (κ3) is 2.34. The van der Waals surface area contributed by atoms with Crippen molar-refractivity contribution in [3.8, 4) is 0 Å². The van der Waals surface area contributed by atoms with Gasteiger partial charge in [0.15, 0.2) is 0 Å². The van der Waals surface area contributed by atoms with E-state index in [9.17, 15) is 5.11 Å². The number of benzene rings is 1. The predicted molar refractivity (Wildman–Crippen MR) is 54.5 cm³/mol. The molecule has 0 amide bonds. The zero-order valence-corrected chi connectivity index (χ0v) is 8.42. The van der Waals surface area contributed by atoms with Crippen molar-refractivity contribution in [1.29, 1.82) is 0 Å². The van der Waals surface area contributed by atoms with Gasteiger partial charge in [0.2, 0.25) is 0 Å². The standard InChI is InChI=1S/C9H13ClN2O/c1-12(2)9(13)7-5-6(10)3-4-8(7)11/h3-5,9,13H,11H2,1-2H3. The average Bonchev–Trinajstić information content (AvgIpc) is 2.08. The van der Waals surface area contributed by atoms with E-state index in [1.807, 2.05) is 0 Å². The molecule has 0 saturated heterocycles. The lowest BCUT2D eigenvalue weighted by Gasteiger charge is -2.20. The average molecular weight is 201 g/mol. The molecule has 1 aromatic carbocycles. The Morgan fingerprint density at radius 1 is 1.46 bits per heavy atom. The highest BCUT2D eigenvalue weighted by Gasteiger charge is 2.12. The minimum Gasteiger partial charge on any atom is -0.398 e. The number of aliphatic hydroxyl groups is 1. The van der Waals surface area contributed by atoms with E-state index in [4.69, 9.17) is 17.3 Å². The molecule has 72 valence electrons. The van der Waals surface area contributed by atoms with E-state index in [1.54, 1.807) is 37.2 Å². The predicted octanol–water partition coefficient (Wildman–Crippen LogP) is 1.47. The number of hydrogen-bond acceptors (Lipinski definition) is 3. The fourth-order valence-electron chi connectivity index (χ4n) is 1.05. The van der Waals surface area contributed by atoms with Gasteiger partial charge in [-0.25, -0.2) is 0 Å². The first kappa shape index (κ1) is 10.3. The summed E-state index contributed by atoms with van der Waals surface area (Å²) in [4.78, 5) is 1.65. The Morgan fingerprint density at radius 3 is 2.62 bits per heavy atom. The molecule has 0 aliphatic carbocycles. The first-order chi connectivity index (χ1) is 6.02. The Labute approximate surface area is 82.7 Å². The van der Waals surface area contributed by atoms with E-state index < -0.39 is 6.23 Å². The van der Waals surface area contributed by atoms with Crippen LogP contribution >= 0.6 is 11.6 Å². The summed E-state index contributed by atoms with van der Waals surface area (Å²) >= 11 is 5.78. The van der Waals surface area contributed by atoms with Gasteiger partial charge in [0, 0.05) is 16.3 Å². The molecule has 3 N–H and O–H groups in total. The van der Waals surface area contributed by atoms with Gasteiger partial charge >= 0.3 is 0 Å². The smallest absolute Gasteiger partial charge is 0.135 e. The molecule has 0 heterocycles. The molecule has 0 bridgehead atoms. The van der Waals surface area contributed by atoms with Crippen LogP contribution in [0.4, 0.5) is 5.69 Å². The van der Waals surface area contributed by atoms with Gasteiger partial charge in [0.25, 0.3) is 0 Å². The van der Waals surface area contributed by atoms with Crippen LogP contribution in [0.2, 0.25) is 5.02 Å². The van der Waals surface area contributed by atoms with Gasteiger partial charge in [0.1, 0.15) is 6.23 Å². The molecule has 1 aromatic rings. The molecule has 0 aromatic heterocycles. The molecule has 0 radical (unpaired) electrons. The number of hydrogen-bond donors (Lipinski definition) is 2. The maximum Gasteiger partial charge on any atom is 0.135 e. The highest BCUT2D eigenvalue weighted by Crippen LogP contribution is 2.25. The van der Waals surface area contributed by atoms with Crippen LogP contribution in [0.5, 0.6) is 0 Å². The molecule has 1 unspecified atom stereocenters. The van der Waals surface area contributed by atoms with Crippen molar-refractivity contribution in [2.24, 2.45) is 0 Å². The zero-order chi connectivity index (χ0) is 10.0. The van der Waals surface area contributed by atoms with Crippen LogP contribution < -0.4 is 5.73 Å². The number of nitrogens with two attached hydrogens (primary N) is 1. The Morgan fingerprint density at radius 2 is 2.08 bits per heavy atom. The van der Waals surface area contributed by atoms with Crippen LogP contribution in [-0.4, -0.2) is 24.1 Å². The van der Waals surface area contributed by atoms with Crippen LogP contribution in [0, 0.1) is 0 Å². The number of nitrogen functional groups attached to an aromatic ring is 1. The molecule has 1 atom stereocenters. The van der Waals surface area contributed by atoms with Crippen LogP contribution in [-0.2, 0) is 0 Å². The fourth-order valence-corrected chi connectivity index (χ4v) is 1.23. The van der Waals surface area contributed by atoms with Gasteiger partial charge in [0.05, 0.1) is 0 Å².